The van der Waals surface area contributed by atoms with Crippen LogP contribution in [0.4, 0.5) is 5.69 Å². The first-order valence-corrected chi connectivity index (χ1v) is 8.37. The molecule has 1 nitrogen and oxygen atoms in total. The van der Waals surface area contributed by atoms with Crippen molar-refractivity contribution in [2.45, 2.75) is 50.4 Å². The van der Waals surface area contributed by atoms with E-state index in [0.29, 0.717) is 6.04 Å². The summed E-state index contributed by atoms with van der Waals surface area (Å²) in [6.07, 6.45) is 6.48. The van der Waals surface area contributed by atoms with Gasteiger partial charge in [0.1, 0.15) is 0 Å². The van der Waals surface area contributed by atoms with E-state index in [0.717, 1.165) is 16.9 Å². The SMILES string of the molecule is CCCC1CCCCN1c1ccc(CBr)cc1Cl. The Morgan fingerprint density at radius 1 is 1.39 bits per heavy atom. The molecule has 1 fully saturated rings. The Morgan fingerprint density at radius 2 is 2.22 bits per heavy atom. The molecule has 0 radical (unpaired) electrons. The van der Waals surface area contributed by atoms with Crippen molar-refractivity contribution in [3.63, 3.8) is 0 Å². The van der Waals surface area contributed by atoms with E-state index in [1.807, 2.05) is 0 Å². The summed E-state index contributed by atoms with van der Waals surface area (Å²) < 4.78 is 0. The Bertz CT molecular complexity index is 392. The van der Waals surface area contributed by atoms with Gasteiger partial charge in [-0.1, -0.05) is 46.9 Å². The highest BCUT2D eigenvalue weighted by atomic mass is 79.9. The van der Waals surface area contributed by atoms with Gasteiger partial charge >= 0.3 is 0 Å². The van der Waals surface area contributed by atoms with E-state index >= 15 is 0 Å². The highest BCUT2D eigenvalue weighted by Gasteiger charge is 2.23. The van der Waals surface area contributed by atoms with Crippen molar-refractivity contribution in [1.29, 1.82) is 0 Å². The van der Waals surface area contributed by atoms with Crippen LogP contribution in [0.15, 0.2) is 18.2 Å². The van der Waals surface area contributed by atoms with Crippen molar-refractivity contribution >= 4 is 33.2 Å². The summed E-state index contributed by atoms with van der Waals surface area (Å²) >= 11 is 9.92. The van der Waals surface area contributed by atoms with Crippen LogP contribution in [0.3, 0.4) is 0 Å². The minimum atomic E-state index is 0.677. The van der Waals surface area contributed by atoms with Gasteiger partial charge in [0.2, 0.25) is 0 Å². The summed E-state index contributed by atoms with van der Waals surface area (Å²) in [6.45, 7) is 3.42. The first kappa shape index (κ1) is 14.2. The first-order valence-electron chi connectivity index (χ1n) is 6.87. The van der Waals surface area contributed by atoms with Crippen LogP contribution in [-0.4, -0.2) is 12.6 Å². The second kappa shape index (κ2) is 6.81. The lowest BCUT2D eigenvalue weighted by molar-refractivity contribution is 0.435. The number of rotatable bonds is 4. The van der Waals surface area contributed by atoms with Gasteiger partial charge in [-0.15, -0.1) is 0 Å². The Kier molecular flexibility index (Phi) is 5.38. The highest BCUT2D eigenvalue weighted by Crippen LogP contribution is 2.33. The quantitative estimate of drug-likeness (QED) is 0.669. The van der Waals surface area contributed by atoms with Crippen LogP contribution in [0.1, 0.15) is 44.6 Å². The number of nitrogens with zero attached hydrogens (tertiary/aromatic N) is 1. The molecule has 0 saturated carbocycles. The summed E-state index contributed by atoms with van der Waals surface area (Å²) in [5, 5.41) is 1.76. The Morgan fingerprint density at radius 3 is 2.89 bits per heavy atom. The predicted molar refractivity (Wildman–Crippen MR) is 84.0 cm³/mol. The van der Waals surface area contributed by atoms with E-state index in [2.05, 4.69) is 46.0 Å². The zero-order valence-electron chi connectivity index (χ0n) is 11.0. The summed E-state index contributed by atoms with van der Waals surface area (Å²) in [4.78, 5) is 2.52. The molecule has 0 N–H and O–H groups in total. The molecule has 1 aromatic carbocycles. The van der Waals surface area contributed by atoms with E-state index in [9.17, 15) is 0 Å². The normalized spacial score (nSPS) is 20.2. The highest BCUT2D eigenvalue weighted by molar-refractivity contribution is 9.08. The van der Waals surface area contributed by atoms with Crippen LogP contribution >= 0.6 is 27.5 Å². The predicted octanol–water partition coefficient (Wildman–Crippen LogP) is 5.39. The van der Waals surface area contributed by atoms with Crippen molar-refractivity contribution in [2.24, 2.45) is 0 Å². The number of halogens is 2. The Hall–Kier alpha value is -0.210. The molecule has 1 aliphatic heterocycles. The molecule has 100 valence electrons. The van der Waals surface area contributed by atoms with Crippen LogP contribution in [0.25, 0.3) is 0 Å². The molecule has 3 heteroatoms. The molecule has 18 heavy (non-hydrogen) atoms. The third-order valence-electron chi connectivity index (χ3n) is 3.72. The topological polar surface area (TPSA) is 3.24 Å². The molecule has 1 heterocycles. The average molecular weight is 331 g/mol. The van der Waals surface area contributed by atoms with Gasteiger partial charge in [0, 0.05) is 17.9 Å². The lowest BCUT2D eigenvalue weighted by atomic mass is 9.97. The Labute approximate surface area is 124 Å². The second-order valence-corrected chi connectivity index (χ2v) is 6.02. The van der Waals surface area contributed by atoms with E-state index in [1.165, 1.54) is 43.4 Å². The van der Waals surface area contributed by atoms with Crippen LogP contribution in [0, 0.1) is 0 Å². The fraction of sp³-hybridized carbons (Fsp3) is 0.600. The largest absolute Gasteiger partial charge is 0.367 e. The summed E-state index contributed by atoms with van der Waals surface area (Å²) in [5.74, 6) is 0. The average Bonchev–Trinajstić information content (AvgIpc) is 2.40. The molecular weight excluding hydrogens is 310 g/mol. The summed E-state index contributed by atoms with van der Waals surface area (Å²) in [5.41, 5.74) is 2.47. The van der Waals surface area contributed by atoms with Gasteiger partial charge in [0.15, 0.2) is 0 Å². The third-order valence-corrected chi connectivity index (χ3v) is 4.68. The molecule has 1 aromatic rings. The second-order valence-electron chi connectivity index (χ2n) is 5.05. The molecule has 0 spiro atoms. The van der Waals surface area contributed by atoms with Crippen molar-refractivity contribution in [2.75, 3.05) is 11.4 Å². The molecule has 1 unspecified atom stereocenters. The number of anilines is 1. The molecule has 2 rings (SSSR count). The minimum absolute atomic E-state index is 0.677. The summed E-state index contributed by atoms with van der Waals surface area (Å²) in [7, 11) is 0. The number of hydrogen-bond donors (Lipinski definition) is 0. The van der Waals surface area contributed by atoms with Gasteiger partial charge in [0.05, 0.1) is 10.7 Å². The lowest BCUT2D eigenvalue weighted by Gasteiger charge is -2.38. The number of piperidine rings is 1. The van der Waals surface area contributed by atoms with E-state index in [1.54, 1.807) is 0 Å². The van der Waals surface area contributed by atoms with Crippen LogP contribution in [0.2, 0.25) is 5.02 Å². The monoisotopic (exact) mass is 329 g/mol. The summed E-state index contributed by atoms with van der Waals surface area (Å²) in [6, 6.07) is 7.13. The minimum Gasteiger partial charge on any atom is -0.367 e. The van der Waals surface area contributed by atoms with E-state index in [-0.39, 0.29) is 0 Å². The van der Waals surface area contributed by atoms with E-state index in [4.69, 9.17) is 11.6 Å². The van der Waals surface area contributed by atoms with Gasteiger partial charge in [0.25, 0.3) is 0 Å². The maximum Gasteiger partial charge on any atom is 0.0642 e. The van der Waals surface area contributed by atoms with Crippen LogP contribution in [0.5, 0.6) is 0 Å². The van der Waals surface area contributed by atoms with Crippen molar-refractivity contribution < 1.29 is 0 Å². The van der Waals surface area contributed by atoms with Gasteiger partial charge in [-0.2, -0.15) is 0 Å². The van der Waals surface area contributed by atoms with Gasteiger partial charge in [-0.3, -0.25) is 0 Å². The maximum absolute atomic E-state index is 6.44. The van der Waals surface area contributed by atoms with Crippen molar-refractivity contribution in [3.8, 4) is 0 Å². The molecule has 1 aliphatic rings. The fourth-order valence-corrected chi connectivity index (χ4v) is 3.48. The molecule has 0 aliphatic carbocycles. The zero-order chi connectivity index (χ0) is 13.0. The van der Waals surface area contributed by atoms with Crippen molar-refractivity contribution in [3.05, 3.63) is 28.8 Å². The van der Waals surface area contributed by atoms with E-state index < -0.39 is 0 Å². The smallest absolute Gasteiger partial charge is 0.0642 e. The number of alkyl halides is 1. The maximum atomic E-state index is 6.44. The number of hydrogen-bond acceptors (Lipinski definition) is 1. The molecule has 0 bridgehead atoms. The molecule has 1 atom stereocenters. The zero-order valence-corrected chi connectivity index (χ0v) is 13.3. The van der Waals surface area contributed by atoms with Crippen molar-refractivity contribution in [1.82, 2.24) is 0 Å². The molecule has 1 saturated heterocycles. The molecular formula is C15H21BrClN. The fourth-order valence-electron chi connectivity index (χ4n) is 2.82. The number of benzene rings is 1. The first-order chi connectivity index (χ1) is 8.76. The molecule has 0 amide bonds. The Balaban J connectivity index is 2.22. The van der Waals surface area contributed by atoms with Crippen LogP contribution < -0.4 is 4.90 Å². The van der Waals surface area contributed by atoms with Gasteiger partial charge in [-0.25, -0.2) is 0 Å². The van der Waals surface area contributed by atoms with Gasteiger partial charge < -0.3 is 4.90 Å². The van der Waals surface area contributed by atoms with Gasteiger partial charge in [-0.05, 0) is 43.4 Å². The third kappa shape index (κ3) is 3.21. The standard InChI is InChI=1S/C15H21BrClN/c1-2-5-13-6-3-4-9-18(13)15-8-7-12(11-16)10-14(15)17/h7-8,10,13H,2-6,9,11H2,1H3. The molecule has 0 aromatic heterocycles. The lowest BCUT2D eigenvalue weighted by Crippen LogP contribution is -2.39. The van der Waals surface area contributed by atoms with Crippen LogP contribution in [-0.2, 0) is 5.33 Å².